The standard InChI is InChI=1S/C16H35N/c1-7-9-11-16(8-2,12-10-14(3)4)13-17-15(5)6/h14-15,17H,7-13H2,1-6H3. The third kappa shape index (κ3) is 7.81. The zero-order valence-electron chi connectivity index (χ0n) is 13.1. The van der Waals surface area contributed by atoms with Crippen molar-refractivity contribution < 1.29 is 0 Å². The van der Waals surface area contributed by atoms with E-state index >= 15 is 0 Å². The van der Waals surface area contributed by atoms with Crippen molar-refractivity contribution in [2.75, 3.05) is 6.54 Å². The van der Waals surface area contributed by atoms with Crippen LogP contribution in [0.4, 0.5) is 0 Å². The summed E-state index contributed by atoms with van der Waals surface area (Å²) in [7, 11) is 0. The lowest BCUT2D eigenvalue weighted by Crippen LogP contribution is -2.37. The summed E-state index contributed by atoms with van der Waals surface area (Å²) in [6.07, 6.45) is 8.18. The number of nitrogens with one attached hydrogen (secondary N) is 1. The average Bonchev–Trinajstić information content (AvgIpc) is 2.28. The van der Waals surface area contributed by atoms with Gasteiger partial charge in [-0.2, -0.15) is 0 Å². The molecule has 0 aliphatic carbocycles. The minimum Gasteiger partial charge on any atom is -0.314 e. The van der Waals surface area contributed by atoms with Gasteiger partial charge in [0.1, 0.15) is 0 Å². The Morgan fingerprint density at radius 2 is 1.65 bits per heavy atom. The largest absolute Gasteiger partial charge is 0.314 e. The van der Waals surface area contributed by atoms with Crippen molar-refractivity contribution in [2.45, 2.75) is 86.1 Å². The summed E-state index contributed by atoms with van der Waals surface area (Å²) in [6.45, 7) is 15.1. The Balaban J connectivity index is 4.38. The third-order valence-electron chi connectivity index (χ3n) is 3.95. The minimum atomic E-state index is 0.546. The second-order valence-electron chi connectivity index (χ2n) is 6.43. The maximum absolute atomic E-state index is 3.67. The second-order valence-corrected chi connectivity index (χ2v) is 6.43. The molecule has 0 fully saturated rings. The van der Waals surface area contributed by atoms with Gasteiger partial charge in [-0.25, -0.2) is 0 Å². The minimum absolute atomic E-state index is 0.546. The van der Waals surface area contributed by atoms with Crippen molar-refractivity contribution in [3.63, 3.8) is 0 Å². The fourth-order valence-corrected chi connectivity index (χ4v) is 2.35. The quantitative estimate of drug-likeness (QED) is 0.567. The summed E-state index contributed by atoms with van der Waals surface area (Å²) < 4.78 is 0. The monoisotopic (exact) mass is 241 g/mol. The van der Waals surface area contributed by atoms with E-state index < -0.39 is 0 Å². The van der Waals surface area contributed by atoms with E-state index in [0.29, 0.717) is 11.5 Å². The number of hydrogen-bond donors (Lipinski definition) is 1. The summed E-state index contributed by atoms with van der Waals surface area (Å²) in [4.78, 5) is 0. The predicted octanol–water partition coefficient (Wildman–Crippen LogP) is 5.01. The smallest absolute Gasteiger partial charge is 0.00106 e. The molecule has 0 spiro atoms. The highest BCUT2D eigenvalue weighted by molar-refractivity contribution is 4.81. The first-order valence-electron chi connectivity index (χ1n) is 7.69. The first-order valence-corrected chi connectivity index (χ1v) is 7.69. The van der Waals surface area contributed by atoms with Crippen molar-refractivity contribution in [1.82, 2.24) is 5.32 Å². The highest BCUT2D eigenvalue weighted by Crippen LogP contribution is 2.34. The molecule has 1 atom stereocenters. The van der Waals surface area contributed by atoms with Gasteiger partial charge in [0.25, 0.3) is 0 Å². The van der Waals surface area contributed by atoms with E-state index in [2.05, 4.69) is 46.9 Å². The van der Waals surface area contributed by atoms with Gasteiger partial charge in [0.05, 0.1) is 0 Å². The molecule has 0 aliphatic rings. The molecular weight excluding hydrogens is 206 g/mol. The molecule has 0 aromatic carbocycles. The Morgan fingerprint density at radius 1 is 1.00 bits per heavy atom. The highest BCUT2D eigenvalue weighted by atomic mass is 14.9. The Bertz CT molecular complexity index is 160. The second kappa shape index (κ2) is 8.97. The van der Waals surface area contributed by atoms with E-state index in [1.807, 2.05) is 0 Å². The van der Waals surface area contributed by atoms with Crippen LogP contribution in [0.5, 0.6) is 0 Å². The van der Waals surface area contributed by atoms with E-state index in [9.17, 15) is 0 Å². The molecule has 0 rings (SSSR count). The molecule has 0 saturated heterocycles. The topological polar surface area (TPSA) is 12.0 Å². The van der Waals surface area contributed by atoms with Crippen LogP contribution in [0.25, 0.3) is 0 Å². The Kier molecular flexibility index (Phi) is 8.94. The molecule has 0 aromatic heterocycles. The zero-order valence-corrected chi connectivity index (χ0v) is 13.1. The van der Waals surface area contributed by atoms with Gasteiger partial charge in [-0.1, -0.05) is 60.8 Å². The van der Waals surface area contributed by atoms with Crippen molar-refractivity contribution in [1.29, 1.82) is 0 Å². The van der Waals surface area contributed by atoms with Crippen molar-refractivity contribution in [2.24, 2.45) is 11.3 Å². The summed E-state index contributed by atoms with van der Waals surface area (Å²) in [5.41, 5.74) is 0.546. The fourth-order valence-electron chi connectivity index (χ4n) is 2.35. The lowest BCUT2D eigenvalue weighted by Gasteiger charge is -2.35. The molecule has 0 aliphatic heterocycles. The van der Waals surface area contributed by atoms with Crippen LogP contribution >= 0.6 is 0 Å². The van der Waals surface area contributed by atoms with Gasteiger partial charge in [-0.15, -0.1) is 0 Å². The molecule has 0 saturated carbocycles. The lowest BCUT2D eigenvalue weighted by molar-refractivity contribution is 0.192. The van der Waals surface area contributed by atoms with Gasteiger partial charge >= 0.3 is 0 Å². The summed E-state index contributed by atoms with van der Waals surface area (Å²) in [5.74, 6) is 0.835. The third-order valence-corrected chi connectivity index (χ3v) is 3.95. The van der Waals surface area contributed by atoms with Gasteiger partial charge in [-0.05, 0) is 30.6 Å². The van der Waals surface area contributed by atoms with Crippen molar-refractivity contribution >= 4 is 0 Å². The SMILES string of the molecule is CCCCC(CC)(CCC(C)C)CNC(C)C. The highest BCUT2D eigenvalue weighted by Gasteiger charge is 2.27. The van der Waals surface area contributed by atoms with Gasteiger partial charge in [0.15, 0.2) is 0 Å². The summed E-state index contributed by atoms with van der Waals surface area (Å²) in [5, 5.41) is 3.67. The summed E-state index contributed by atoms with van der Waals surface area (Å²) in [6, 6.07) is 0.613. The molecule has 0 bridgehead atoms. The first-order chi connectivity index (χ1) is 7.95. The molecule has 1 heteroatoms. The predicted molar refractivity (Wildman–Crippen MR) is 79.5 cm³/mol. The van der Waals surface area contributed by atoms with Gasteiger partial charge in [0, 0.05) is 12.6 Å². The molecule has 1 unspecified atom stereocenters. The van der Waals surface area contributed by atoms with Gasteiger partial charge < -0.3 is 5.32 Å². The molecule has 0 heterocycles. The van der Waals surface area contributed by atoms with E-state index in [-0.39, 0.29) is 0 Å². The molecule has 17 heavy (non-hydrogen) atoms. The number of unbranched alkanes of at least 4 members (excludes halogenated alkanes) is 1. The van der Waals surface area contributed by atoms with Crippen LogP contribution in [0.1, 0.15) is 80.1 Å². The van der Waals surface area contributed by atoms with Gasteiger partial charge in [0.2, 0.25) is 0 Å². The molecule has 0 amide bonds. The van der Waals surface area contributed by atoms with E-state index in [1.165, 1.54) is 45.1 Å². The van der Waals surface area contributed by atoms with E-state index in [0.717, 1.165) is 5.92 Å². The fraction of sp³-hybridized carbons (Fsp3) is 1.00. The van der Waals surface area contributed by atoms with Crippen molar-refractivity contribution in [3.8, 4) is 0 Å². The molecule has 0 radical (unpaired) electrons. The van der Waals surface area contributed by atoms with Crippen LogP contribution in [-0.4, -0.2) is 12.6 Å². The summed E-state index contributed by atoms with van der Waals surface area (Å²) >= 11 is 0. The zero-order chi connectivity index (χ0) is 13.3. The van der Waals surface area contributed by atoms with E-state index in [4.69, 9.17) is 0 Å². The maximum Gasteiger partial charge on any atom is 0.00106 e. The maximum atomic E-state index is 3.67. The lowest BCUT2D eigenvalue weighted by atomic mass is 9.75. The van der Waals surface area contributed by atoms with Crippen LogP contribution in [0, 0.1) is 11.3 Å². The Labute approximate surface area is 110 Å². The first kappa shape index (κ1) is 17.0. The van der Waals surface area contributed by atoms with Gasteiger partial charge in [-0.3, -0.25) is 0 Å². The molecule has 104 valence electrons. The number of hydrogen-bond acceptors (Lipinski definition) is 1. The number of rotatable bonds is 10. The van der Waals surface area contributed by atoms with Crippen molar-refractivity contribution in [3.05, 3.63) is 0 Å². The molecule has 0 aromatic rings. The Hall–Kier alpha value is -0.0400. The van der Waals surface area contributed by atoms with Crippen LogP contribution in [0.2, 0.25) is 0 Å². The van der Waals surface area contributed by atoms with Crippen LogP contribution in [0.3, 0.4) is 0 Å². The normalized spacial score (nSPS) is 15.5. The molecule has 1 N–H and O–H groups in total. The Morgan fingerprint density at radius 3 is 2.06 bits per heavy atom. The average molecular weight is 241 g/mol. The molecular formula is C16H35N. The van der Waals surface area contributed by atoms with Crippen LogP contribution in [-0.2, 0) is 0 Å². The molecule has 1 nitrogen and oxygen atoms in total. The van der Waals surface area contributed by atoms with E-state index in [1.54, 1.807) is 0 Å². The van der Waals surface area contributed by atoms with Crippen LogP contribution in [0.15, 0.2) is 0 Å². The van der Waals surface area contributed by atoms with Crippen LogP contribution < -0.4 is 5.32 Å².